The van der Waals surface area contributed by atoms with Gasteiger partial charge < -0.3 is 24.3 Å². The van der Waals surface area contributed by atoms with E-state index in [1.54, 1.807) is 26.5 Å². The maximum absolute atomic E-state index is 13.6. The van der Waals surface area contributed by atoms with Crippen LogP contribution in [0.5, 0.6) is 17.2 Å². The van der Waals surface area contributed by atoms with Gasteiger partial charge >= 0.3 is 6.18 Å². The Morgan fingerprint density at radius 3 is 2.47 bits per heavy atom. The molecule has 1 aromatic heterocycles. The predicted molar refractivity (Wildman–Crippen MR) is 165 cm³/mol. The fraction of sp³-hybridized carbons (Fsp3) is 0.323. The van der Waals surface area contributed by atoms with Crippen LogP contribution in [0, 0.1) is 0 Å². The van der Waals surface area contributed by atoms with Gasteiger partial charge in [0.25, 0.3) is 0 Å². The Kier molecular flexibility index (Phi) is 12.9. The largest absolute Gasteiger partial charge is 0.493 e. The van der Waals surface area contributed by atoms with Crippen molar-refractivity contribution in [1.82, 2.24) is 9.97 Å². The second-order valence-electron chi connectivity index (χ2n) is 8.91. The number of methoxy groups -OCH3 is 3. The SMILES string of the molecule is C\C=C/C=C(\C=N/C(=CCCC)Nc1ccc(C(F)(F)F)c(OCCOC)c1)Sc1ncnc2cc(OC)c(OC)cc12. The third-order valence-electron chi connectivity index (χ3n) is 5.83. The van der Waals surface area contributed by atoms with Gasteiger partial charge in [-0.25, -0.2) is 15.0 Å². The number of nitrogens with one attached hydrogen (secondary N) is 1. The van der Waals surface area contributed by atoms with Crippen molar-refractivity contribution in [2.45, 2.75) is 37.9 Å². The van der Waals surface area contributed by atoms with Crippen LogP contribution in [0.2, 0.25) is 0 Å². The lowest BCUT2D eigenvalue weighted by molar-refractivity contribution is -0.139. The summed E-state index contributed by atoms with van der Waals surface area (Å²) in [7, 11) is 4.58. The van der Waals surface area contributed by atoms with Crippen LogP contribution in [-0.2, 0) is 10.9 Å². The smallest absolute Gasteiger partial charge is 0.419 e. The number of nitrogens with zero attached hydrogens (tertiary/aromatic N) is 3. The molecule has 230 valence electrons. The van der Waals surface area contributed by atoms with Gasteiger partial charge in [0.15, 0.2) is 11.5 Å². The van der Waals surface area contributed by atoms with Crippen molar-refractivity contribution < 1.29 is 32.1 Å². The number of anilines is 1. The van der Waals surface area contributed by atoms with Gasteiger partial charge in [-0.3, -0.25) is 0 Å². The van der Waals surface area contributed by atoms with Gasteiger partial charge in [0.05, 0.1) is 31.9 Å². The second-order valence-corrected chi connectivity index (χ2v) is 9.97. The summed E-state index contributed by atoms with van der Waals surface area (Å²) >= 11 is 1.38. The zero-order valence-corrected chi connectivity index (χ0v) is 25.5. The Labute approximate surface area is 253 Å². The van der Waals surface area contributed by atoms with Crippen molar-refractivity contribution in [1.29, 1.82) is 0 Å². The number of benzene rings is 2. The van der Waals surface area contributed by atoms with E-state index >= 15 is 0 Å². The Morgan fingerprint density at radius 1 is 1.02 bits per heavy atom. The molecule has 0 saturated carbocycles. The maximum atomic E-state index is 13.6. The molecule has 0 amide bonds. The number of fused-ring (bicyclic) bond motifs is 1. The molecule has 2 aromatic carbocycles. The Morgan fingerprint density at radius 2 is 1.79 bits per heavy atom. The fourth-order valence-electron chi connectivity index (χ4n) is 3.73. The Hall–Kier alpha value is -4.03. The molecule has 0 saturated heterocycles. The monoisotopic (exact) mass is 616 g/mol. The van der Waals surface area contributed by atoms with Crippen LogP contribution in [-0.4, -0.2) is 50.7 Å². The summed E-state index contributed by atoms with van der Waals surface area (Å²) in [6.07, 6.45) is 7.69. The molecule has 3 rings (SSSR count). The lowest BCUT2D eigenvalue weighted by atomic mass is 10.1. The molecular formula is C31H35F3N4O4S. The standard InChI is InChI=1S/C31H35F3N4O4S/c1-6-8-10-22(43-30-23-17-27(40-4)28(41-5)18-25(23)36-20-37-30)19-35-29(11-9-7-2)38-21-12-13-24(31(32,33)34)26(16-21)42-15-14-39-3/h6,8,10-13,16-20,38H,7,9,14-15H2,1-5H3/b8-6-,22-10+,29-11?,35-19-. The third-order valence-corrected chi connectivity index (χ3v) is 6.83. The number of rotatable bonds is 15. The van der Waals surface area contributed by atoms with Crippen LogP contribution < -0.4 is 19.5 Å². The summed E-state index contributed by atoms with van der Waals surface area (Å²) in [5, 5.41) is 4.58. The lowest BCUT2D eigenvalue weighted by Gasteiger charge is -2.16. The van der Waals surface area contributed by atoms with Gasteiger partial charge in [-0.1, -0.05) is 37.3 Å². The molecule has 1 heterocycles. The van der Waals surface area contributed by atoms with Crippen molar-refractivity contribution in [3.05, 3.63) is 77.3 Å². The van der Waals surface area contributed by atoms with E-state index in [9.17, 15) is 13.2 Å². The van der Waals surface area contributed by atoms with E-state index in [1.165, 1.54) is 37.3 Å². The average Bonchev–Trinajstić information content (AvgIpc) is 2.99. The average molecular weight is 617 g/mol. The van der Waals surface area contributed by atoms with E-state index < -0.39 is 11.7 Å². The van der Waals surface area contributed by atoms with Crippen molar-refractivity contribution in [2.24, 2.45) is 4.99 Å². The van der Waals surface area contributed by atoms with Crippen LogP contribution in [0.1, 0.15) is 32.3 Å². The van der Waals surface area contributed by atoms with E-state index in [4.69, 9.17) is 18.9 Å². The molecule has 0 spiro atoms. The van der Waals surface area contributed by atoms with Gasteiger partial charge in [-0.15, -0.1) is 0 Å². The number of hydrogen-bond donors (Lipinski definition) is 1. The molecule has 0 unspecified atom stereocenters. The lowest BCUT2D eigenvalue weighted by Crippen LogP contribution is -2.12. The molecule has 0 atom stereocenters. The molecule has 0 aliphatic carbocycles. The predicted octanol–water partition coefficient (Wildman–Crippen LogP) is 8.07. The Balaban J connectivity index is 1.93. The van der Waals surface area contributed by atoms with Crippen molar-refractivity contribution in [3.63, 3.8) is 0 Å². The van der Waals surface area contributed by atoms with E-state index in [-0.39, 0.29) is 19.0 Å². The van der Waals surface area contributed by atoms with Crippen molar-refractivity contribution in [3.8, 4) is 17.2 Å². The number of unbranched alkanes of at least 4 members (excludes halogenated alkanes) is 1. The van der Waals surface area contributed by atoms with Gasteiger partial charge in [0, 0.05) is 41.4 Å². The quantitative estimate of drug-likeness (QED) is 0.0603. The van der Waals surface area contributed by atoms with Crippen LogP contribution >= 0.6 is 11.8 Å². The van der Waals surface area contributed by atoms with E-state index in [0.29, 0.717) is 40.0 Å². The van der Waals surface area contributed by atoms with Gasteiger partial charge in [0.2, 0.25) is 0 Å². The molecule has 43 heavy (non-hydrogen) atoms. The zero-order valence-electron chi connectivity index (χ0n) is 24.7. The Bertz CT molecular complexity index is 1490. The summed E-state index contributed by atoms with van der Waals surface area (Å²) in [4.78, 5) is 14.3. The van der Waals surface area contributed by atoms with E-state index in [1.807, 2.05) is 44.2 Å². The first-order valence-corrected chi connectivity index (χ1v) is 14.3. The molecule has 0 bridgehead atoms. The number of halogens is 3. The number of hydrogen-bond acceptors (Lipinski definition) is 9. The molecule has 0 fully saturated rings. The normalized spacial score (nSPS) is 12.8. The highest BCUT2D eigenvalue weighted by Gasteiger charge is 2.34. The number of ether oxygens (including phenoxy) is 4. The first kappa shape index (κ1) is 33.5. The molecule has 12 heteroatoms. The number of thioether (sulfide) groups is 1. The van der Waals surface area contributed by atoms with Gasteiger partial charge in [-0.2, -0.15) is 13.2 Å². The highest BCUT2D eigenvalue weighted by molar-refractivity contribution is 8.04. The first-order chi connectivity index (χ1) is 20.7. The number of aliphatic imine (C=N–C) groups is 1. The summed E-state index contributed by atoms with van der Waals surface area (Å²) in [6.45, 7) is 4.06. The molecule has 3 aromatic rings. The van der Waals surface area contributed by atoms with Crippen molar-refractivity contribution >= 4 is 34.6 Å². The van der Waals surface area contributed by atoms with E-state index in [2.05, 4.69) is 20.3 Å². The number of aromatic nitrogens is 2. The van der Waals surface area contributed by atoms with Crippen molar-refractivity contribution in [2.75, 3.05) is 39.9 Å². The van der Waals surface area contributed by atoms with Gasteiger partial charge in [-0.05, 0) is 43.7 Å². The highest BCUT2D eigenvalue weighted by Crippen LogP contribution is 2.39. The van der Waals surface area contributed by atoms with Crippen LogP contribution in [0.15, 0.2) is 81.7 Å². The molecular weight excluding hydrogens is 581 g/mol. The summed E-state index contributed by atoms with van der Waals surface area (Å²) in [5.74, 6) is 1.29. The van der Waals surface area contributed by atoms with Crippen LogP contribution in [0.3, 0.4) is 0 Å². The molecule has 1 N–H and O–H groups in total. The van der Waals surface area contributed by atoms with Gasteiger partial charge in [0.1, 0.15) is 29.5 Å². The van der Waals surface area contributed by atoms with E-state index in [0.717, 1.165) is 22.8 Å². The maximum Gasteiger partial charge on any atom is 0.419 e. The highest BCUT2D eigenvalue weighted by atomic mass is 32.2. The number of allylic oxidation sites excluding steroid dienone is 5. The summed E-state index contributed by atoms with van der Waals surface area (Å²) in [5.41, 5.74) is 0.221. The second kappa shape index (κ2) is 16.6. The van der Waals surface area contributed by atoms with Crippen LogP contribution in [0.4, 0.5) is 18.9 Å². The topological polar surface area (TPSA) is 87.1 Å². The summed E-state index contributed by atoms with van der Waals surface area (Å²) in [6, 6.07) is 7.26. The first-order valence-electron chi connectivity index (χ1n) is 13.5. The number of alkyl halides is 3. The fourth-order valence-corrected chi connectivity index (χ4v) is 4.58. The minimum absolute atomic E-state index is 0.0214. The summed E-state index contributed by atoms with van der Waals surface area (Å²) < 4.78 is 61.9. The molecule has 8 nitrogen and oxygen atoms in total. The molecule has 0 aliphatic heterocycles. The molecule has 0 radical (unpaired) electrons. The zero-order chi connectivity index (χ0) is 31.2. The minimum atomic E-state index is -4.57. The molecule has 0 aliphatic rings. The van der Waals surface area contributed by atoms with Crippen LogP contribution in [0.25, 0.3) is 10.9 Å². The third kappa shape index (κ3) is 9.75. The minimum Gasteiger partial charge on any atom is -0.493 e.